The first kappa shape index (κ1) is 19.4. The van der Waals surface area contributed by atoms with Crippen molar-refractivity contribution < 1.29 is 22.5 Å². The minimum atomic E-state index is -4.43. The molecule has 0 saturated heterocycles. The summed E-state index contributed by atoms with van der Waals surface area (Å²) in [6, 6.07) is 4.93. The Morgan fingerprint density at radius 3 is 2.74 bits per heavy atom. The highest BCUT2D eigenvalue weighted by Gasteiger charge is 2.35. The molecule has 0 unspecified atom stereocenters. The van der Waals surface area contributed by atoms with Gasteiger partial charge in [0.05, 0.1) is 5.56 Å². The smallest absolute Gasteiger partial charge is 0.339 e. The van der Waals surface area contributed by atoms with Crippen molar-refractivity contribution in [3.63, 3.8) is 0 Å². The summed E-state index contributed by atoms with van der Waals surface area (Å²) in [6.45, 7) is 4.48. The summed E-state index contributed by atoms with van der Waals surface area (Å²) in [7, 11) is 0. The number of halogens is 3. The lowest BCUT2D eigenvalue weighted by Crippen LogP contribution is -2.40. The van der Waals surface area contributed by atoms with E-state index in [4.69, 9.17) is 4.52 Å². The summed E-state index contributed by atoms with van der Waals surface area (Å²) in [6.07, 6.45) is -1.34. The minimum Gasteiger partial charge on any atom is -0.339 e. The average molecular weight is 381 g/mol. The van der Waals surface area contributed by atoms with Crippen LogP contribution in [0.15, 0.2) is 28.8 Å². The maximum atomic E-state index is 12.9. The molecule has 0 radical (unpaired) electrons. The highest BCUT2D eigenvalue weighted by molar-refractivity contribution is 5.81. The molecule has 3 rings (SSSR count). The normalized spacial score (nSPS) is 15.6. The first-order valence-electron chi connectivity index (χ1n) is 9.10. The number of amides is 1. The van der Waals surface area contributed by atoms with E-state index < -0.39 is 11.7 Å². The quantitative estimate of drug-likeness (QED) is 0.716. The Labute approximate surface area is 155 Å². The van der Waals surface area contributed by atoms with Crippen LogP contribution >= 0.6 is 0 Å². The van der Waals surface area contributed by atoms with E-state index >= 15 is 0 Å². The van der Waals surface area contributed by atoms with Gasteiger partial charge < -0.3 is 9.42 Å². The van der Waals surface area contributed by atoms with E-state index in [9.17, 15) is 18.0 Å². The zero-order chi connectivity index (χ0) is 19.6. The van der Waals surface area contributed by atoms with Gasteiger partial charge in [0.1, 0.15) is 0 Å². The maximum Gasteiger partial charge on any atom is 0.416 e. The molecule has 146 valence electrons. The van der Waals surface area contributed by atoms with Crippen molar-refractivity contribution in [1.29, 1.82) is 0 Å². The Kier molecular flexibility index (Phi) is 5.53. The van der Waals surface area contributed by atoms with Crippen molar-refractivity contribution >= 4 is 5.91 Å². The molecule has 2 aromatic rings. The fourth-order valence-electron chi connectivity index (χ4n) is 2.86. The molecular weight excluding hydrogens is 359 g/mol. The van der Waals surface area contributed by atoms with E-state index in [2.05, 4.69) is 10.1 Å². The SMILES string of the molecule is CC[C@H](C)N(CCc1nc(-c2cccc(C(F)(F)F)c2)no1)C(=O)C1CC1. The van der Waals surface area contributed by atoms with Crippen molar-refractivity contribution in [2.75, 3.05) is 6.54 Å². The van der Waals surface area contributed by atoms with E-state index in [1.54, 1.807) is 0 Å². The highest BCUT2D eigenvalue weighted by atomic mass is 19.4. The lowest BCUT2D eigenvalue weighted by Gasteiger charge is -2.28. The monoisotopic (exact) mass is 381 g/mol. The molecule has 5 nitrogen and oxygen atoms in total. The lowest BCUT2D eigenvalue weighted by molar-refractivity contribution is -0.137. The van der Waals surface area contributed by atoms with Gasteiger partial charge >= 0.3 is 6.18 Å². The van der Waals surface area contributed by atoms with Crippen LogP contribution in [0.3, 0.4) is 0 Å². The van der Waals surface area contributed by atoms with Gasteiger partial charge in [0.15, 0.2) is 0 Å². The predicted octanol–water partition coefficient (Wildman–Crippen LogP) is 4.34. The number of hydrogen-bond donors (Lipinski definition) is 0. The third-order valence-electron chi connectivity index (χ3n) is 4.82. The molecule has 27 heavy (non-hydrogen) atoms. The Hall–Kier alpha value is -2.38. The molecule has 1 fully saturated rings. The van der Waals surface area contributed by atoms with Crippen LogP contribution in [-0.2, 0) is 17.4 Å². The van der Waals surface area contributed by atoms with Crippen LogP contribution in [0.4, 0.5) is 13.2 Å². The Balaban J connectivity index is 1.69. The number of benzene rings is 1. The molecule has 0 N–H and O–H groups in total. The largest absolute Gasteiger partial charge is 0.416 e. The molecule has 0 spiro atoms. The Morgan fingerprint density at radius 2 is 2.11 bits per heavy atom. The summed E-state index contributed by atoms with van der Waals surface area (Å²) < 4.78 is 43.7. The van der Waals surface area contributed by atoms with E-state index in [0.717, 1.165) is 31.4 Å². The molecule has 1 atom stereocenters. The number of hydrogen-bond acceptors (Lipinski definition) is 4. The topological polar surface area (TPSA) is 59.2 Å². The summed E-state index contributed by atoms with van der Waals surface area (Å²) in [5.41, 5.74) is -0.517. The molecule has 8 heteroatoms. The van der Waals surface area contributed by atoms with Crippen molar-refractivity contribution in [3.05, 3.63) is 35.7 Å². The molecule has 1 heterocycles. The predicted molar refractivity (Wildman–Crippen MR) is 92.6 cm³/mol. The molecule has 1 saturated carbocycles. The van der Waals surface area contributed by atoms with E-state index in [1.807, 2.05) is 18.7 Å². The number of nitrogens with zero attached hydrogens (tertiary/aromatic N) is 3. The standard InChI is InChI=1S/C19H22F3N3O2/c1-3-12(2)25(18(26)13-7-8-13)10-9-16-23-17(24-27-16)14-5-4-6-15(11-14)19(20,21)22/h4-6,11-13H,3,7-10H2,1-2H3/t12-/m0/s1. The van der Waals surface area contributed by atoms with Crippen LogP contribution in [0.5, 0.6) is 0 Å². The summed E-state index contributed by atoms with van der Waals surface area (Å²) in [5.74, 6) is 0.698. The third kappa shape index (κ3) is 4.67. The number of carbonyl (C=O) groups excluding carboxylic acids is 1. The van der Waals surface area contributed by atoms with E-state index in [0.29, 0.717) is 18.9 Å². The van der Waals surface area contributed by atoms with Crippen LogP contribution in [0.25, 0.3) is 11.4 Å². The van der Waals surface area contributed by atoms with Crippen molar-refractivity contribution in [2.45, 2.75) is 51.7 Å². The van der Waals surface area contributed by atoms with Gasteiger partial charge in [-0.2, -0.15) is 18.2 Å². The van der Waals surface area contributed by atoms with Crippen LogP contribution in [0.2, 0.25) is 0 Å². The molecule has 1 aliphatic rings. The number of rotatable bonds is 7. The third-order valence-corrected chi connectivity index (χ3v) is 4.82. The summed E-state index contributed by atoms with van der Waals surface area (Å²) >= 11 is 0. The first-order chi connectivity index (χ1) is 12.8. The lowest BCUT2D eigenvalue weighted by atomic mass is 10.1. The molecule has 0 bridgehead atoms. The van der Waals surface area contributed by atoms with Gasteiger partial charge in [0.2, 0.25) is 17.6 Å². The zero-order valence-corrected chi connectivity index (χ0v) is 15.3. The van der Waals surface area contributed by atoms with Gasteiger partial charge in [0, 0.05) is 30.5 Å². The van der Waals surface area contributed by atoms with Crippen molar-refractivity contribution in [3.8, 4) is 11.4 Å². The zero-order valence-electron chi connectivity index (χ0n) is 15.3. The second-order valence-corrected chi connectivity index (χ2v) is 6.90. The van der Waals surface area contributed by atoms with Gasteiger partial charge in [-0.3, -0.25) is 4.79 Å². The summed E-state index contributed by atoms with van der Waals surface area (Å²) in [5, 5.41) is 3.79. The Morgan fingerprint density at radius 1 is 1.37 bits per heavy atom. The van der Waals surface area contributed by atoms with Crippen LogP contribution in [0, 0.1) is 5.92 Å². The van der Waals surface area contributed by atoms with E-state index in [1.165, 1.54) is 12.1 Å². The average Bonchev–Trinajstić information content (AvgIpc) is 3.39. The van der Waals surface area contributed by atoms with Gasteiger partial charge in [-0.15, -0.1) is 0 Å². The number of alkyl halides is 3. The van der Waals surface area contributed by atoms with Gasteiger partial charge in [-0.25, -0.2) is 0 Å². The molecule has 1 aliphatic carbocycles. The maximum absolute atomic E-state index is 12.9. The number of carbonyl (C=O) groups is 1. The molecular formula is C19H22F3N3O2. The molecule has 1 amide bonds. The molecule has 1 aromatic heterocycles. The Bertz CT molecular complexity index is 799. The van der Waals surface area contributed by atoms with Crippen LogP contribution in [0.1, 0.15) is 44.6 Å². The van der Waals surface area contributed by atoms with Gasteiger partial charge in [0.25, 0.3) is 0 Å². The summed E-state index contributed by atoms with van der Waals surface area (Å²) in [4.78, 5) is 18.5. The van der Waals surface area contributed by atoms with Gasteiger partial charge in [-0.05, 0) is 38.3 Å². The highest BCUT2D eigenvalue weighted by Crippen LogP contribution is 2.33. The molecule has 0 aliphatic heterocycles. The fraction of sp³-hybridized carbons (Fsp3) is 0.526. The second kappa shape index (κ2) is 7.70. The second-order valence-electron chi connectivity index (χ2n) is 6.90. The van der Waals surface area contributed by atoms with Crippen molar-refractivity contribution in [2.24, 2.45) is 5.92 Å². The minimum absolute atomic E-state index is 0.111. The van der Waals surface area contributed by atoms with E-state index in [-0.39, 0.29) is 29.3 Å². The first-order valence-corrected chi connectivity index (χ1v) is 9.10. The fourth-order valence-corrected chi connectivity index (χ4v) is 2.86. The van der Waals surface area contributed by atoms with Crippen molar-refractivity contribution in [1.82, 2.24) is 15.0 Å². The number of aromatic nitrogens is 2. The molecule has 1 aromatic carbocycles. The van der Waals surface area contributed by atoms with Gasteiger partial charge in [-0.1, -0.05) is 24.2 Å². The van der Waals surface area contributed by atoms with Crippen LogP contribution in [-0.4, -0.2) is 33.5 Å². The van der Waals surface area contributed by atoms with Crippen LogP contribution < -0.4 is 0 Å².